The number of rotatable bonds is 30. The van der Waals surface area contributed by atoms with Crippen molar-refractivity contribution in [2.24, 2.45) is 0 Å². The smallest absolute Gasteiger partial charge is 0.109 e. The summed E-state index contributed by atoms with van der Waals surface area (Å²) in [5.74, 6) is 0. The van der Waals surface area contributed by atoms with Gasteiger partial charge in [0, 0.05) is 6.54 Å². The van der Waals surface area contributed by atoms with E-state index in [1.165, 1.54) is 148 Å². The number of hydrogen-bond donors (Lipinski definition) is 4. The van der Waals surface area contributed by atoms with Gasteiger partial charge in [-0.2, -0.15) is 0 Å². The SMILES string of the molecule is CCCCCCCCCCCCCCCCCCCCCCCCCCN(C)C[C@H](O)[C@@H](O)[C@H](O)CO. The number of aliphatic hydroxyl groups is 4. The molecule has 0 heterocycles. The van der Waals surface area contributed by atoms with Gasteiger partial charge < -0.3 is 25.3 Å². The summed E-state index contributed by atoms with van der Waals surface area (Å²) in [5, 5.41) is 37.9. The molecule has 4 N–H and O–H groups in total. The van der Waals surface area contributed by atoms with Gasteiger partial charge in [0.2, 0.25) is 0 Å². The first-order valence-corrected chi connectivity index (χ1v) is 16.4. The van der Waals surface area contributed by atoms with E-state index in [1.807, 2.05) is 11.9 Å². The molecule has 0 aliphatic heterocycles. The average Bonchev–Trinajstić information content (AvgIpc) is 2.90. The average molecular weight is 530 g/mol. The lowest BCUT2D eigenvalue weighted by Gasteiger charge is -2.26. The van der Waals surface area contributed by atoms with Crippen molar-refractivity contribution < 1.29 is 20.4 Å². The van der Waals surface area contributed by atoms with Crippen molar-refractivity contribution in [3.05, 3.63) is 0 Å². The van der Waals surface area contributed by atoms with Crippen molar-refractivity contribution in [3.63, 3.8) is 0 Å². The Morgan fingerprint density at radius 2 is 0.757 bits per heavy atom. The third-order valence-corrected chi connectivity index (χ3v) is 7.87. The molecule has 0 saturated heterocycles. The zero-order valence-corrected chi connectivity index (χ0v) is 25.1. The maximum absolute atomic E-state index is 9.91. The van der Waals surface area contributed by atoms with Gasteiger partial charge in [-0.3, -0.25) is 0 Å². The summed E-state index contributed by atoms with van der Waals surface area (Å²) in [6, 6.07) is 0. The van der Waals surface area contributed by atoms with Gasteiger partial charge in [0.1, 0.15) is 12.2 Å². The van der Waals surface area contributed by atoms with Crippen LogP contribution in [0.5, 0.6) is 0 Å². The van der Waals surface area contributed by atoms with E-state index in [9.17, 15) is 15.3 Å². The lowest BCUT2D eigenvalue weighted by atomic mass is 10.0. The van der Waals surface area contributed by atoms with Crippen LogP contribution in [-0.4, -0.2) is 70.4 Å². The molecule has 5 heteroatoms. The Morgan fingerprint density at radius 3 is 1.05 bits per heavy atom. The van der Waals surface area contributed by atoms with Crippen LogP contribution < -0.4 is 0 Å². The lowest BCUT2D eigenvalue weighted by molar-refractivity contribution is -0.0826. The van der Waals surface area contributed by atoms with Gasteiger partial charge in [-0.05, 0) is 20.0 Å². The monoisotopic (exact) mass is 530 g/mol. The summed E-state index contributed by atoms with van der Waals surface area (Å²) in [4.78, 5) is 1.98. The zero-order valence-electron chi connectivity index (χ0n) is 25.1. The highest BCUT2D eigenvalue weighted by Crippen LogP contribution is 2.15. The summed E-state index contributed by atoms with van der Waals surface area (Å²) >= 11 is 0. The molecule has 224 valence electrons. The van der Waals surface area contributed by atoms with Crippen LogP contribution in [-0.2, 0) is 0 Å². The Balaban J connectivity index is 3.22. The van der Waals surface area contributed by atoms with Gasteiger partial charge in [0.05, 0.1) is 12.7 Å². The summed E-state index contributed by atoms with van der Waals surface area (Å²) in [6.07, 6.45) is 29.8. The molecule has 0 radical (unpaired) electrons. The third kappa shape index (κ3) is 25.8. The van der Waals surface area contributed by atoms with Crippen molar-refractivity contribution in [2.75, 3.05) is 26.7 Å². The molecule has 37 heavy (non-hydrogen) atoms. The molecule has 0 aromatic heterocycles. The second kappa shape index (κ2) is 28.8. The van der Waals surface area contributed by atoms with Crippen LogP contribution >= 0.6 is 0 Å². The first-order valence-electron chi connectivity index (χ1n) is 16.4. The Morgan fingerprint density at radius 1 is 0.459 bits per heavy atom. The van der Waals surface area contributed by atoms with Gasteiger partial charge in [0.25, 0.3) is 0 Å². The van der Waals surface area contributed by atoms with Crippen molar-refractivity contribution in [1.29, 1.82) is 0 Å². The molecule has 0 aliphatic rings. The van der Waals surface area contributed by atoms with Crippen LogP contribution in [0.4, 0.5) is 0 Å². The predicted octanol–water partition coefficient (Wildman–Crippen LogP) is 7.38. The summed E-state index contributed by atoms with van der Waals surface area (Å²) in [7, 11) is 1.92. The minimum absolute atomic E-state index is 0.303. The molecule has 0 aromatic rings. The minimum atomic E-state index is -1.30. The molecule has 0 bridgehead atoms. The highest BCUT2D eigenvalue weighted by Gasteiger charge is 2.24. The molecular formula is C32H67NO4. The van der Waals surface area contributed by atoms with E-state index in [4.69, 9.17) is 5.11 Å². The minimum Gasteiger partial charge on any atom is -0.394 e. The van der Waals surface area contributed by atoms with E-state index in [0.717, 1.165) is 13.0 Å². The first kappa shape index (κ1) is 36.8. The first-order chi connectivity index (χ1) is 18.0. The Kier molecular flexibility index (Phi) is 28.6. The van der Waals surface area contributed by atoms with Gasteiger partial charge in [-0.25, -0.2) is 0 Å². The molecule has 5 nitrogen and oxygen atoms in total. The quantitative estimate of drug-likeness (QED) is 0.0730. The Hall–Kier alpha value is -0.200. The van der Waals surface area contributed by atoms with E-state index >= 15 is 0 Å². The summed E-state index contributed by atoms with van der Waals surface area (Å²) in [6.45, 7) is 2.93. The fraction of sp³-hybridized carbons (Fsp3) is 1.00. The fourth-order valence-corrected chi connectivity index (χ4v) is 5.23. The number of aliphatic hydroxyl groups excluding tert-OH is 4. The summed E-state index contributed by atoms with van der Waals surface area (Å²) < 4.78 is 0. The molecule has 0 rings (SSSR count). The van der Waals surface area contributed by atoms with E-state index < -0.39 is 24.9 Å². The molecule has 0 spiro atoms. The molecular weight excluding hydrogens is 462 g/mol. The normalized spacial score (nSPS) is 14.4. The Bertz CT molecular complexity index is 437. The highest BCUT2D eigenvalue weighted by atomic mass is 16.4. The highest BCUT2D eigenvalue weighted by molar-refractivity contribution is 4.76. The van der Waals surface area contributed by atoms with Gasteiger partial charge in [-0.1, -0.05) is 155 Å². The van der Waals surface area contributed by atoms with E-state index in [1.54, 1.807) is 0 Å². The van der Waals surface area contributed by atoms with Crippen LogP contribution in [0.2, 0.25) is 0 Å². The lowest BCUT2D eigenvalue weighted by Crippen LogP contribution is -2.45. The van der Waals surface area contributed by atoms with Gasteiger partial charge in [-0.15, -0.1) is 0 Å². The van der Waals surface area contributed by atoms with Crippen LogP contribution in [0.3, 0.4) is 0 Å². The number of likely N-dealkylation sites (N-methyl/N-ethyl adjacent to an activating group) is 1. The van der Waals surface area contributed by atoms with Gasteiger partial charge in [0.15, 0.2) is 0 Å². The van der Waals surface area contributed by atoms with Crippen LogP contribution in [0.25, 0.3) is 0 Å². The Labute approximate surface area is 231 Å². The van der Waals surface area contributed by atoms with E-state index in [0.29, 0.717) is 6.54 Å². The molecule has 0 unspecified atom stereocenters. The van der Waals surface area contributed by atoms with Crippen molar-refractivity contribution in [1.82, 2.24) is 4.90 Å². The molecule has 3 atom stereocenters. The number of nitrogens with zero attached hydrogens (tertiary/aromatic N) is 1. The second-order valence-corrected chi connectivity index (χ2v) is 11.7. The standard InChI is InChI=1S/C32H67NO4/c1-3-4-5-6-7-8-9-10-11-12-13-14-15-16-17-18-19-20-21-22-23-24-25-26-27-33(2)28-30(35)32(37)31(36)29-34/h30-32,34-37H,3-29H2,1-2H3/t30-,31+,32+/m0/s1. The summed E-state index contributed by atoms with van der Waals surface area (Å²) in [5.41, 5.74) is 0. The number of hydrogen-bond acceptors (Lipinski definition) is 5. The fourth-order valence-electron chi connectivity index (χ4n) is 5.23. The second-order valence-electron chi connectivity index (χ2n) is 11.7. The van der Waals surface area contributed by atoms with Crippen molar-refractivity contribution in [2.45, 2.75) is 179 Å². The predicted molar refractivity (Wildman–Crippen MR) is 159 cm³/mol. The van der Waals surface area contributed by atoms with Crippen LogP contribution in [0, 0.1) is 0 Å². The van der Waals surface area contributed by atoms with Crippen LogP contribution in [0.15, 0.2) is 0 Å². The largest absolute Gasteiger partial charge is 0.394 e. The number of unbranched alkanes of at least 4 members (excludes halogenated alkanes) is 23. The van der Waals surface area contributed by atoms with E-state index in [-0.39, 0.29) is 0 Å². The molecule has 0 saturated carbocycles. The molecule has 0 amide bonds. The van der Waals surface area contributed by atoms with Crippen molar-refractivity contribution >= 4 is 0 Å². The molecule has 0 aromatic carbocycles. The zero-order chi connectivity index (χ0) is 27.4. The molecule has 0 fully saturated rings. The topological polar surface area (TPSA) is 84.2 Å². The third-order valence-electron chi connectivity index (χ3n) is 7.87. The van der Waals surface area contributed by atoms with Gasteiger partial charge >= 0.3 is 0 Å². The molecule has 0 aliphatic carbocycles. The van der Waals surface area contributed by atoms with Crippen LogP contribution in [0.1, 0.15) is 161 Å². The maximum Gasteiger partial charge on any atom is 0.109 e. The maximum atomic E-state index is 9.91. The van der Waals surface area contributed by atoms with E-state index in [2.05, 4.69) is 6.92 Å². The van der Waals surface area contributed by atoms with Crippen molar-refractivity contribution in [3.8, 4) is 0 Å².